The van der Waals surface area contributed by atoms with Gasteiger partial charge in [0.2, 0.25) is 0 Å². The van der Waals surface area contributed by atoms with Crippen molar-refractivity contribution in [2.24, 2.45) is 0 Å². The molecule has 1 saturated carbocycles. The summed E-state index contributed by atoms with van der Waals surface area (Å²) in [5.74, 6) is 0.875. The molecule has 1 N–H and O–H groups in total. The molecule has 2 atom stereocenters. The number of rotatable bonds is 7. The van der Waals surface area contributed by atoms with Gasteiger partial charge in [0.25, 0.3) is 0 Å². The molecule has 1 aromatic rings. The van der Waals surface area contributed by atoms with E-state index in [1.807, 2.05) is 12.1 Å². The minimum Gasteiger partial charge on any atom is -0.491 e. The lowest BCUT2D eigenvalue weighted by Crippen LogP contribution is -2.37. The number of nitrogens with one attached hydrogen (secondary N) is 1. The summed E-state index contributed by atoms with van der Waals surface area (Å²) in [5.41, 5.74) is 1.12. The molecule has 0 radical (unpaired) electrons. The number of ether oxygens (including phenoxy) is 3. The predicted molar refractivity (Wildman–Crippen MR) is 80.5 cm³/mol. The molecule has 1 aliphatic rings. The monoisotopic (exact) mass is 279 g/mol. The fourth-order valence-corrected chi connectivity index (χ4v) is 2.65. The lowest BCUT2D eigenvalue weighted by Gasteiger charge is -2.31. The number of hydrogen-bond acceptors (Lipinski definition) is 4. The summed E-state index contributed by atoms with van der Waals surface area (Å²) in [6.45, 7) is 1.19. The molecule has 0 aliphatic heterocycles. The molecule has 2 rings (SSSR count). The van der Waals surface area contributed by atoms with Crippen LogP contribution in [-0.2, 0) is 9.47 Å². The van der Waals surface area contributed by atoms with E-state index >= 15 is 0 Å². The highest BCUT2D eigenvalue weighted by atomic mass is 16.5. The molecule has 1 fully saturated rings. The lowest BCUT2D eigenvalue weighted by molar-refractivity contribution is 0.0606. The Morgan fingerprint density at radius 2 is 1.80 bits per heavy atom. The van der Waals surface area contributed by atoms with Gasteiger partial charge in [0.05, 0.1) is 18.8 Å². The van der Waals surface area contributed by atoms with Gasteiger partial charge >= 0.3 is 0 Å². The van der Waals surface area contributed by atoms with Gasteiger partial charge in [-0.05, 0) is 37.1 Å². The molecular formula is C16H25NO3. The standard InChI is InChI=1S/C16H25NO3/c1-18-11-12-20-14-9-7-13(8-10-14)17-15-5-3-4-6-16(15)19-2/h7-10,15-17H,3-6,11-12H2,1-2H3. The Hall–Kier alpha value is -1.26. The van der Waals surface area contributed by atoms with Crippen LogP contribution in [-0.4, -0.2) is 39.6 Å². The van der Waals surface area contributed by atoms with Gasteiger partial charge in [-0.1, -0.05) is 12.8 Å². The van der Waals surface area contributed by atoms with Gasteiger partial charge in [-0.25, -0.2) is 0 Å². The highest BCUT2D eigenvalue weighted by Gasteiger charge is 2.24. The molecule has 0 aromatic heterocycles. The second-order valence-electron chi connectivity index (χ2n) is 5.18. The molecule has 0 bridgehead atoms. The van der Waals surface area contributed by atoms with Crippen LogP contribution in [0.3, 0.4) is 0 Å². The van der Waals surface area contributed by atoms with E-state index in [0.29, 0.717) is 25.4 Å². The second-order valence-corrected chi connectivity index (χ2v) is 5.18. The van der Waals surface area contributed by atoms with Gasteiger partial charge in [-0.2, -0.15) is 0 Å². The van der Waals surface area contributed by atoms with Crippen LogP contribution in [0.2, 0.25) is 0 Å². The second kappa shape index (κ2) is 8.12. The minimum absolute atomic E-state index is 0.321. The van der Waals surface area contributed by atoms with Crippen molar-refractivity contribution in [2.45, 2.75) is 37.8 Å². The Kier molecular flexibility index (Phi) is 6.15. The van der Waals surface area contributed by atoms with Crippen LogP contribution in [0.5, 0.6) is 5.75 Å². The first-order chi connectivity index (χ1) is 9.83. The first kappa shape index (κ1) is 15.1. The third-order valence-electron chi connectivity index (χ3n) is 3.77. The first-order valence-corrected chi connectivity index (χ1v) is 7.34. The minimum atomic E-state index is 0.321. The quantitative estimate of drug-likeness (QED) is 0.779. The third kappa shape index (κ3) is 4.39. The molecule has 4 heteroatoms. The zero-order chi connectivity index (χ0) is 14.2. The Morgan fingerprint density at radius 1 is 1.05 bits per heavy atom. The summed E-state index contributed by atoms with van der Waals surface area (Å²) >= 11 is 0. The van der Waals surface area contributed by atoms with Gasteiger partial charge in [-0.3, -0.25) is 0 Å². The van der Waals surface area contributed by atoms with E-state index in [-0.39, 0.29) is 0 Å². The average Bonchev–Trinajstić information content (AvgIpc) is 2.50. The molecule has 0 spiro atoms. The summed E-state index contributed by atoms with van der Waals surface area (Å²) in [5, 5.41) is 3.57. The summed E-state index contributed by atoms with van der Waals surface area (Å²) < 4.78 is 16.1. The Bertz CT molecular complexity index is 380. The fraction of sp³-hybridized carbons (Fsp3) is 0.625. The molecule has 0 saturated heterocycles. The van der Waals surface area contributed by atoms with E-state index in [1.165, 1.54) is 19.3 Å². The first-order valence-electron chi connectivity index (χ1n) is 7.34. The summed E-state index contributed by atoms with van der Waals surface area (Å²) in [6, 6.07) is 8.51. The molecule has 0 amide bonds. The largest absolute Gasteiger partial charge is 0.491 e. The van der Waals surface area contributed by atoms with E-state index in [2.05, 4.69) is 17.4 Å². The fourth-order valence-electron chi connectivity index (χ4n) is 2.65. The zero-order valence-corrected chi connectivity index (χ0v) is 12.4. The third-order valence-corrected chi connectivity index (χ3v) is 3.77. The Balaban J connectivity index is 1.86. The highest BCUT2D eigenvalue weighted by Crippen LogP contribution is 2.25. The van der Waals surface area contributed by atoms with Crippen LogP contribution < -0.4 is 10.1 Å². The molecule has 0 heterocycles. The van der Waals surface area contributed by atoms with Crippen molar-refractivity contribution in [3.63, 3.8) is 0 Å². The molecule has 20 heavy (non-hydrogen) atoms. The van der Waals surface area contributed by atoms with Gasteiger partial charge in [0, 0.05) is 19.9 Å². The van der Waals surface area contributed by atoms with Crippen molar-refractivity contribution in [2.75, 3.05) is 32.8 Å². The maximum atomic E-state index is 5.56. The number of anilines is 1. The van der Waals surface area contributed by atoms with E-state index in [4.69, 9.17) is 14.2 Å². The molecule has 4 nitrogen and oxygen atoms in total. The number of methoxy groups -OCH3 is 2. The highest BCUT2D eigenvalue weighted by molar-refractivity contribution is 5.47. The lowest BCUT2D eigenvalue weighted by atomic mass is 9.92. The van der Waals surface area contributed by atoms with E-state index < -0.39 is 0 Å². The van der Waals surface area contributed by atoms with Crippen molar-refractivity contribution in [3.05, 3.63) is 24.3 Å². The SMILES string of the molecule is COCCOc1ccc(NC2CCCCC2OC)cc1. The molecule has 1 aliphatic carbocycles. The van der Waals surface area contributed by atoms with Gasteiger partial charge in [0.1, 0.15) is 12.4 Å². The van der Waals surface area contributed by atoms with Crippen molar-refractivity contribution >= 4 is 5.69 Å². The molecule has 1 aromatic carbocycles. The number of hydrogen-bond donors (Lipinski definition) is 1. The summed E-state index contributed by atoms with van der Waals surface area (Å²) in [6.07, 6.45) is 5.18. The van der Waals surface area contributed by atoms with Crippen LogP contribution in [0, 0.1) is 0 Å². The van der Waals surface area contributed by atoms with Crippen molar-refractivity contribution in [3.8, 4) is 5.75 Å². The Labute approximate surface area is 121 Å². The number of benzene rings is 1. The summed E-state index contributed by atoms with van der Waals surface area (Å²) in [4.78, 5) is 0. The van der Waals surface area contributed by atoms with Gasteiger partial charge in [-0.15, -0.1) is 0 Å². The van der Waals surface area contributed by atoms with Gasteiger partial charge < -0.3 is 19.5 Å². The van der Waals surface area contributed by atoms with Crippen molar-refractivity contribution in [1.82, 2.24) is 0 Å². The van der Waals surface area contributed by atoms with Crippen LogP contribution in [0.1, 0.15) is 25.7 Å². The average molecular weight is 279 g/mol. The summed E-state index contributed by atoms with van der Waals surface area (Å²) in [7, 11) is 3.48. The van der Waals surface area contributed by atoms with E-state index in [9.17, 15) is 0 Å². The Morgan fingerprint density at radius 3 is 2.50 bits per heavy atom. The van der Waals surface area contributed by atoms with Crippen LogP contribution >= 0.6 is 0 Å². The molecule has 112 valence electrons. The van der Waals surface area contributed by atoms with Crippen molar-refractivity contribution in [1.29, 1.82) is 0 Å². The topological polar surface area (TPSA) is 39.7 Å². The van der Waals surface area contributed by atoms with Gasteiger partial charge in [0.15, 0.2) is 0 Å². The maximum absolute atomic E-state index is 5.56. The van der Waals surface area contributed by atoms with Crippen LogP contribution in [0.25, 0.3) is 0 Å². The maximum Gasteiger partial charge on any atom is 0.119 e. The zero-order valence-electron chi connectivity index (χ0n) is 12.4. The van der Waals surface area contributed by atoms with E-state index in [0.717, 1.165) is 17.9 Å². The molecular weight excluding hydrogens is 254 g/mol. The van der Waals surface area contributed by atoms with E-state index in [1.54, 1.807) is 14.2 Å². The molecule has 2 unspecified atom stereocenters. The normalized spacial score (nSPS) is 22.5. The van der Waals surface area contributed by atoms with Crippen LogP contribution in [0.4, 0.5) is 5.69 Å². The smallest absolute Gasteiger partial charge is 0.119 e. The van der Waals surface area contributed by atoms with Crippen molar-refractivity contribution < 1.29 is 14.2 Å². The predicted octanol–water partition coefficient (Wildman–Crippen LogP) is 3.08. The van der Waals surface area contributed by atoms with Crippen LogP contribution in [0.15, 0.2) is 24.3 Å².